The highest BCUT2D eigenvalue weighted by Crippen LogP contribution is 2.22. The number of rotatable bonds is 5. The van der Waals surface area contributed by atoms with Crippen molar-refractivity contribution in [3.05, 3.63) is 0 Å². The van der Waals surface area contributed by atoms with Gasteiger partial charge in [-0.05, 0) is 27.7 Å². The summed E-state index contributed by atoms with van der Waals surface area (Å²) in [7, 11) is 0. The van der Waals surface area contributed by atoms with E-state index in [-0.39, 0.29) is 5.78 Å². The van der Waals surface area contributed by atoms with Crippen LogP contribution in [0.2, 0.25) is 0 Å². The van der Waals surface area contributed by atoms with E-state index in [2.05, 4.69) is 11.8 Å². The van der Waals surface area contributed by atoms with Crippen LogP contribution in [0, 0.1) is 5.41 Å². The Labute approximate surface area is 113 Å². The molecule has 1 unspecified atom stereocenters. The second kappa shape index (κ2) is 6.57. The Morgan fingerprint density at radius 3 is 2.67 bits per heavy atom. The van der Waals surface area contributed by atoms with Gasteiger partial charge in [0.1, 0.15) is 5.41 Å². The summed E-state index contributed by atoms with van der Waals surface area (Å²) < 4.78 is 4.96. The van der Waals surface area contributed by atoms with Crippen molar-refractivity contribution in [3.8, 4) is 0 Å². The number of ketones is 1. The number of hydrogen-bond acceptors (Lipinski definition) is 5. The molecule has 1 saturated heterocycles. The molecule has 0 saturated carbocycles. The minimum Gasteiger partial charge on any atom is -0.465 e. The number of ether oxygens (including phenoxy) is 1. The first-order chi connectivity index (χ1) is 8.39. The molecular formula is C13H23NO3S. The van der Waals surface area contributed by atoms with Crippen LogP contribution in [0.3, 0.4) is 0 Å². The van der Waals surface area contributed by atoms with Crippen LogP contribution in [-0.4, -0.2) is 53.9 Å². The monoisotopic (exact) mass is 273 g/mol. The van der Waals surface area contributed by atoms with E-state index >= 15 is 0 Å². The molecule has 0 aromatic carbocycles. The van der Waals surface area contributed by atoms with Gasteiger partial charge < -0.3 is 4.74 Å². The van der Waals surface area contributed by atoms with Gasteiger partial charge in [-0.15, -0.1) is 0 Å². The summed E-state index contributed by atoms with van der Waals surface area (Å²) >= 11 is 1.91. The minimum absolute atomic E-state index is 0.0558. The Bertz CT molecular complexity index is 317. The Balaban J connectivity index is 2.60. The highest BCUT2D eigenvalue weighted by atomic mass is 32.2. The molecule has 1 heterocycles. The molecule has 0 aliphatic carbocycles. The van der Waals surface area contributed by atoms with Gasteiger partial charge in [-0.1, -0.05) is 0 Å². The maximum atomic E-state index is 12.2. The van der Waals surface area contributed by atoms with Crippen LogP contribution in [0.25, 0.3) is 0 Å². The van der Waals surface area contributed by atoms with Crippen LogP contribution in [0.1, 0.15) is 27.7 Å². The maximum Gasteiger partial charge on any atom is 0.319 e. The first-order valence-electron chi connectivity index (χ1n) is 6.42. The zero-order chi connectivity index (χ0) is 13.8. The van der Waals surface area contributed by atoms with E-state index in [1.165, 1.54) is 0 Å². The van der Waals surface area contributed by atoms with Crippen molar-refractivity contribution in [3.63, 3.8) is 0 Å². The first-order valence-corrected chi connectivity index (χ1v) is 7.57. The van der Waals surface area contributed by atoms with Crippen LogP contribution in [0.15, 0.2) is 0 Å². The average Bonchev–Trinajstić information content (AvgIpc) is 2.32. The molecule has 0 aromatic heterocycles. The maximum absolute atomic E-state index is 12.2. The van der Waals surface area contributed by atoms with Crippen LogP contribution in [-0.2, 0) is 14.3 Å². The number of hydrogen-bond donors (Lipinski definition) is 0. The van der Waals surface area contributed by atoms with Crippen LogP contribution in [0.5, 0.6) is 0 Å². The molecule has 0 bridgehead atoms. The van der Waals surface area contributed by atoms with Crippen LogP contribution in [0.4, 0.5) is 0 Å². The fourth-order valence-electron chi connectivity index (χ4n) is 1.80. The van der Waals surface area contributed by atoms with E-state index in [1.54, 1.807) is 20.8 Å². The Kier molecular flexibility index (Phi) is 5.66. The van der Waals surface area contributed by atoms with Gasteiger partial charge in [-0.2, -0.15) is 11.8 Å². The lowest BCUT2D eigenvalue weighted by molar-refractivity contribution is -0.158. The van der Waals surface area contributed by atoms with E-state index in [1.807, 2.05) is 11.8 Å². The van der Waals surface area contributed by atoms with E-state index in [9.17, 15) is 9.59 Å². The highest BCUT2D eigenvalue weighted by molar-refractivity contribution is 7.99. The van der Waals surface area contributed by atoms with Gasteiger partial charge in [0, 0.05) is 24.1 Å². The van der Waals surface area contributed by atoms with Crippen molar-refractivity contribution in [1.82, 2.24) is 4.90 Å². The molecule has 0 radical (unpaired) electrons. The Morgan fingerprint density at radius 2 is 2.11 bits per heavy atom. The molecule has 1 fully saturated rings. The molecule has 1 rings (SSSR count). The van der Waals surface area contributed by atoms with E-state index in [0.29, 0.717) is 19.2 Å². The van der Waals surface area contributed by atoms with Crippen molar-refractivity contribution in [2.75, 3.05) is 31.2 Å². The number of Topliss-reactive ketones (excluding diaryl/α,β-unsaturated/α-hetero) is 1. The molecule has 4 nitrogen and oxygen atoms in total. The lowest BCUT2D eigenvalue weighted by Crippen LogP contribution is -2.48. The normalized spacial score (nSPS) is 21.7. The molecule has 0 aromatic rings. The number of nitrogens with zero attached hydrogens (tertiary/aromatic N) is 1. The fraction of sp³-hybridized carbons (Fsp3) is 0.846. The quantitative estimate of drug-likeness (QED) is 0.562. The molecule has 18 heavy (non-hydrogen) atoms. The number of carbonyl (C=O) groups is 2. The van der Waals surface area contributed by atoms with E-state index < -0.39 is 11.4 Å². The number of thioether (sulfide) groups is 1. The highest BCUT2D eigenvalue weighted by Gasteiger charge is 2.38. The summed E-state index contributed by atoms with van der Waals surface area (Å²) in [4.78, 5) is 26.2. The first kappa shape index (κ1) is 15.5. The van der Waals surface area contributed by atoms with Crippen molar-refractivity contribution < 1.29 is 14.3 Å². The standard InChI is InChI=1S/C13H23NO3S/c1-5-17-12(16)13(3,4)11(15)8-14-6-7-18-9-10(14)2/h10H,5-9H2,1-4H3. The van der Waals surface area contributed by atoms with Gasteiger partial charge in [-0.25, -0.2) is 0 Å². The molecule has 1 atom stereocenters. The number of esters is 1. The molecule has 1 aliphatic heterocycles. The predicted molar refractivity (Wildman–Crippen MR) is 73.8 cm³/mol. The Morgan fingerprint density at radius 1 is 1.44 bits per heavy atom. The minimum atomic E-state index is -1.04. The molecule has 0 N–H and O–H groups in total. The average molecular weight is 273 g/mol. The largest absolute Gasteiger partial charge is 0.465 e. The van der Waals surface area contributed by atoms with Crippen LogP contribution < -0.4 is 0 Å². The third kappa shape index (κ3) is 3.72. The summed E-state index contributed by atoms with van der Waals surface area (Å²) in [6.07, 6.45) is 0. The third-order valence-electron chi connectivity index (χ3n) is 3.33. The van der Waals surface area contributed by atoms with Gasteiger partial charge in [0.15, 0.2) is 5.78 Å². The molecule has 0 spiro atoms. The summed E-state index contributed by atoms with van der Waals surface area (Å²) in [5, 5.41) is 0. The van der Waals surface area contributed by atoms with E-state index in [4.69, 9.17) is 4.74 Å². The molecule has 5 heteroatoms. The van der Waals surface area contributed by atoms with Crippen molar-refractivity contribution in [1.29, 1.82) is 0 Å². The van der Waals surface area contributed by atoms with Gasteiger partial charge >= 0.3 is 5.97 Å². The smallest absolute Gasteiger partial charge is 0.319 e. The van der Waals surface area contributed by atoms with Gasteiger partial charge in [0.2, 0.25) is 0 Å². The zero-order valence-electron chi connectivity index (χ0n) is 11.7. The summed E-state index contributed by atoms with van der Waals surface area (Å²) in [6, 6.07) is 0.394. The lowest BCUT2D eigenvalue weighted by atomic mass is 9.87. The summed E-state index contributed by atoms with van der Waals surface area (Å²) in [5.74, 6) is 1.62. The van der Waals surface area contributed by atoms with Crippen molar-refractivity contribution in [2.24, 2.45) is 5.41 Å². The van der Waals surface area contributed by atoms with Crippen LogP contribution >= 0.6 is 11.8 Å². The molecule has 1 aliphatic rings. The third-order valence-corrected chi connectivity index (χ3v) is 4.52. The molecule has 104 valence electrons. The lowest BCUT2D eigenvalue weighted by Gasteiger charge is -2.34. The zero-order valence-corrected chi connectivity index (χ0v) is 12.5. The van der Waals surface area contributed by atoms with Crippen molar-refractivity contribution in [2.45, 2.75) is 33.7 Å². The van der Waals surface area contributed by atoms with Gasteiger partial charge in [0.25, 0.3) is 0 Å². The van der Waals surface area contributed by atoms with Gasteiger partial charge in [-0.3, -0.25) is 14.5 Å². The second-order valence-electron chi connectivity index (χ2n) is 5.16. The topological polar surface area (TPSA) is 46.6 Å². The second-order valence-corrected chi connectivity index (χ2v) is 6.31. The summed E-state index contributed by atoms with van der Waals surface area (Å²) in [5.41, 5.74) is -1.04. The SMILES string of the molecule is CCOC(=O)C(C)(C)C(=O)CN1CCSCC1C. The summed E-state index contributed by atoms with van der Waals surface area (Å²) in [6.45, 7) is 8.74. The van der Waals surface area contributed by atoms with Gasteiger partial charge in [0.05, 0.1) is 13.2 Å². The predicted octanol–water partition coefficient (Wildman–Crippen LogP) is 1.58. The number of carbonyl (C=O) groups excluding carboxylic acids is 2. The Hall–Kier alpha value is -0.550. The molecular weight excluding hydrogens is 250 g/mol. The fourth-order valence-corrected chi connectivity index (χ4v) is 2.89. The van der Waals surface area contributed by atoms with Crippen molar-refractivity contribution >= 4 is 23.5 Å². The van der Waals surface area contributed by atoms with E-state index in [0.717, 1.165) is 18.1 Å². The molecule has 0 amide bonds.